The second-order valence-electron chi connectivity index (χ2n) is 4.02. The quantitative estimate of drug-likeness (QED) is 0.856. The third kappa shape index (κ3) is 2.67. The van der Waals surface area contributed by atoms with E-state index < -0.39 is 0 Å². The van der Waals surface area contributed by atoms with Crippen LogP contribution >= 0.6 is 11.6 Å². The fourth-order valence-corrected chi connectivity index (χ4v) is 1.95. The van der Waals surface area contributed by atoms with Crippen molar-refractivity contribution in [2.45, 2.75) is 25.3 Å². The number of halogens is 2. The molecule has 82 valence electrons. The van der Waals surface area contributed by atoms with E-state index in [1.54, 1.807) is 0 Å². The molecule has 0 radical (unpaired) electrons. The average Bonchev–Trinajstić information content (AvgIpc) is 3.00. The Bertz CT molecular complexity index is 352. The van der Waals surface area contributed by atoms with Crippen LogP contribution in [-0.4, -0.2) is 18.1 Å². The maximum atomic E-state index is 13.5. The predicted octanol–water partition coefficient (Wildman–Crippen LogP) is 2.41. The minimum Gasteiger partial charge on any atom is -0.316 e. The van der Waals surface area contributed by atoms with E-state index in [1.165, 1.54) is 25.1 Å². The van der Waals surface area contributed by atoms with Gasteiger partial charge in [0, 0.05) is 18.7 Å². The van der Waals surface area contributed by atoms with Crippen LogP contribution in [-0.2, 0) is 6.42 Å². The van der Waals surface area contributed by atoms with Gasteiger partial charge in [-0.15, -0.1) is 0 Å². The summed E-state index contributed by atoms with van der Waals surface area (Å²) < 4.78 is 13.5. The lowest BCUT2D eigenvalue weighted by Crippen LogP contribution is -2.30. The second kappa shape index (κ2) is 4.45. The number of likely N-dealkylation sites (N-methyl/N-ethyl adjacent to an activating group) is 1. The molecule has 1 N–H and O–H groups in total. The van der Waals surface area contributed by atoms with Gasteiger partial charge in [-0.2, -0.15) is 0 Å². The molecule has 0 spiro atoms. The first-order chi connectivity index (χ1) is 7.20. The van der Waals surface area contributed by atoms with Gasteiger partial charge in [0.05, 0.1) is 10.7 Å². The number of hydrogen-bond acceptors (Lipinski definition) is 2. The highest BCUT2D eigenvalue weighted by molar-refractivity contribution is 6.30. The molecule has 0 amide bonds. The zero-order valence-electron chi connectivity index (χ0n) is 8.63. The SMILES string of the molecule is CNC(Cc1ncc(Cl)cc1F)C1CC1. The van der Waals surface area contributed by atoms with Crippen LogP contribution in [0, 0.1) is 11.7 Å². The molecule has 0 bridgehead atoms. The van der Waals surface area contributed by atoms with Crippen molar-refractivity contribution < 1.29 is 4.39 Å². The molecular formula is C11H14ClFN2. The van der Waals surface area contributed by atoms with Crippen molar-refractivity contribution in [2.24, 2.45) is 5.92 Å². The largest absolute Gasteiger partial charge is 0.316 e. The Kier molecular flexibility index (Phi) is 3.22. The topological polar surface area (TPSA) is 24.9 Å². The van der Waals surface area contributed by atoms with Crippen molar-refractivity contribution in [3.05, 3.63) is 28.8 Å². The molecule has 0 aliphatic heterocycles. The van der Waals surface area contributed by atoms with Gasteiger partial charge in [-0.3, -0.25) is 4.98 Å². The summed E-state index contributed by atoms with van der Waals surface area (Å²) in [4.78, 5) is 4.03. The molecule has 1 unspecified atom stereocenters. The summed E-state index contributed by atoms with van der Waals surface area (Å²) in [5.41, 5.74) is 0.505. The molecule has 0 aromatic carbocycles. The maximum absolute atomic E-state index is 13.5. The summed E-state index contributed by atoms with van der Waals surface area (Å²) in [5, 5.41) is 3.57. The van der Waals surface area contributed by atoms with Gasteiger partial charge in [-0.1, -0.05) is 11.6 Å². The Balaban J connectivity index is 2.08. The Hall–Kier alpha value is -0.670. The van der Waals surface area contributed by atoms with E-state index in [0.29, 0.717) is 29.1 Å². The molecule has 1 saturated carbocycles. The third-order valence-corrected chi connectivity index (χ3v) is 3.07. The Morgan fingerprint density at radius 2 is 2.40 bits per heavy atom. The van der Waals surface area contributed by atoms with E-state index in [0.717, 1.165) is 0 Å². The standard InChI is InChI=1S/C11H14ClFN2/c1-14-10(7-2-3-7)5-11-9(13)4-8(12)6-15-11/h4,6-7,10,14H,2-3,5H2,1H3. The van der Waals surface area contributed by atoms with E-state index in [4.69, 9.17) is 11.6 Å². The van der Waals surface area contributed by atoms with E-state index in [9.17, 15) is 4.39 Å². The second-order valence-corrected chi connectivity index (χ2v) is 4.46. The summed E-state index contributed by atoms with van der Waals surface area (Å²) in [6.07, 6.45) is 4.62. The number of rotatable bonds is 4. The van der Waals surface area contributed by atoms with Gasteiger partial charge in [-0.05, 0) is 31.9 Å². The lowest BCUT2D eigenvalue weighted by atomic mass is 10.1. The Morgan fingerprint density at radius 1 is 1.67 bits per heavy atom. The Morgan fingerprint density at radius 3 is 2.93 bits per heavy atom. The van der Waals surface area contributed by atoms with Crippen LogP contribution in [0.3, 0.4) is 0 Å². The molecule has 4 heteroatoms. The van der Waals surface area contributed by atoms with Crippen LogP contribution in [0.1, 0.15) is 18.5 Å². The van der Waals surface area contributed by atoms with Gasteiger partial charge >= 0.3 is 0 Å². The molecule has 1 aromatic heterocycles. The number of aromatic nitrogens is 1. The highest BCUT2D eigenvalue weighted by Crippen LogP contribution is 2.34. The zero-order chi connectivity index (χ0) is 10.8. The first-order valence-electron chi connectivity index (χ1n) is 5.18. The average molecular weight is 229 g/mol. The molecule has 2 rings (SSSR count). The zero-order valence-corrected chi connectivity index (χ0v) is 9.39. The molecular weight excluding hydrogens is 215 g/mol. The fourth-order valence-electron chi connectivity index (χ4n) is 1.80. The number of nitrogens with zero attached hydrogens (tertiary/aromatic N) is 1. The van der Waals surface area contributed by atoms with Gasteiger partial charge in [-0.25, -0.2) is 4.39 Å². The molecule has 2 nitrogen and oxygen atoms in total. The van der Waals surface area contributed by atoms with Crippen LogP contribution in [0.25, 0.3) is 0 Å². The first kappa shape index (κ1) is 10.8. The molecule has 1 aliphatic carbocycles. The van der Waals surface area contributed by atoms with E-state index in [1.807, 2.05) is 7.05 Å². The molecule has 1 fully saturated rings. The monoisotopic (exact) mass is 228 g/mol. The molecule has 1 aromatic rings. The maximum Gasteiger partial charge on any atom is 0.146 e. The van der Waals surface area contributed by atoms with E-state index >= 15 is 0 Å². The molecule has 15 heavy (non-hydrogen) atoms. The van der Waals surface area contributed by atoms with E-state index in [-0.39, 0.29) is 5.82 Å². The van der Waals surface area contributed by atoms with Crippen LogP contribution in [0.4, 0.5) is 4.39 Å². The normalized spacial score (nSPS) is 17.8. The van der Waals surface area contributed by atoms with Crippen molar-refractivity contribution in [1.29, 1.82) is 0 Å². The number of hydrogen-bond donors (Lipinski definition) is 1. The summed E-state index contributed by atoms with van der Waals surface area (Å²) in [7, 11) is 1.91. The highest BCUT2D eigenvalue weighted by atomic mass is 35.5. The Labute approximate surface area is 93.9 Å². The summed E-state index contributed by atoms with van der Waals surface area (Å²) >= 11 is 5.64. The molecule has 1 heterocycles. The van der Waals surface area contributed by atoms with Crippen LogP contribution in [0.15, 0.2) is 12.3 Å². The van der Waals surface area contributed by atoms with Crippen LogP contribution in [0.2, 0.25) is 5.02 Å². The number of nitrogens with one attached hydrogen (secondary N) is 1. The molecule has 1 atom stereocenters. The number of pyridine rings is 1. The van der Waals surface area contributed by atoms with Crippen molar-refractivity contribution in [3.8, 4) is 0 Å². The summed E-state index contributed by atoms with van der Waals surface area (Å²) in [5.74, 6) is 0.385. The van der Waals surface area contributed by atoms with Gasteiger partial charge < -0.3 is 5.32 Å². The molecule has 0 saturated heterocycles. The first-order valence-corrected chi connectivity index (χ1v) is 5.55. The van der Waals surface area contributed by atoms with Crippen molar-refractivity contribution >= 4 is 11.6 Å². The lowest BCUT2D eigenvalue weighted by molar-refractivity contribution is 0.480. The molecule has 1 aliphatic rings. The fraction of sp³-hybridized carbons (Fsp3) is 0.545. The summed E-state index contributed by atoms with van der Waals surface area (Å²) in [6, 6.07) is 1.66. The van der Waals surface area contributed by atoms with Crippen LogP contribution < -0.4 is 5.32 Å². The summed E-state index contributed by atoms with van der Waals surface area (Å²) in [6.45, 7) is 0. The van der Waals surface area contributed by atoms with Gasteiger partial charge in [0.25, 0.3) is 0 Å². The minimum absolute atomic E-state index is 0.302. The van der Waals surface area contributed by atoms with Gasteiger partial charge in [0.1, 0.15) is 5.82 Å². The predicted molar refractivity (Wildman–Crippen MR) is 58.5 cm³/mol. The van der Waals surface area contributed by atoms with Crippen LogP contribution in [0.5, 0.6) is 0 Å². The van der Waals surface area contributed by atoms with Crippen molar-refractivity contribution in [2.75, 3.05) is 7.05 Å². The minimum atomic E-state index is -0.302. The van der Waals surface area contributed by atoms with Gasteiger partial charge in [0.15, 0.2) is 0 Å². The third-order valence-electron chi connectivity index (χ3n) is 2.86. The van der Waals surface area contributed by atoms with Gasteiger partial charge in [0.2, 0.25) is 0 Å². The van der Waals surface area contributed by atoms with Crippen molar-refractivity contribution in [3.63, 3.8) is 0 Å². The van der Waals surface area contributed by atoms with E-state index in [2.05, 4.69) is 10.3 Å². The van der Waals surface area contributed by atoms with Crippen molar-refractivity contribution in [1.82, 2.24) is 10.3 Å². The smallest absolute Gasteiger partial charge is 0.146 e. The highest BCUT2D eigenvalue weighted by Gasteiger charge is 2.30. The lowest BCUT2D eigenvalue weighted by Gasteiger charge is -2.14.